The molecule has 1 aromatic carbocycles. The highest BCUT2D eigenvalue weighted by Gasteiger charge is 2.40. The molecule has 3 rings (SSSR count). The van der Waals surface area contributed by atoms with Crippen molar-refractivity contribution < 1.29 is 9.53 Å². The minimum Gasteiger partial charge on any atom is -0.496 e. The maximum Gasteiger partial charge on any atom is 0.226 e. The lowest BCUT2D eigenvalue weighted by molar-refractivity contribution is -0.137. The molecule has 1 aromatic rings. The zero-order valence-corrected chi connectivity index (χ0v) is 14.6. The lowest BCUT2D eigenvalue weighted by Crippen LogP contribution is -2.40. The highest BCUT2D eigenvalue weighted by Crippen LogP contribution is 2.37. The summed E-state index contributed by atoms with van der Waals surface area (Å²) in [6.45, 7) is 1.28. The molecule has 5 heteroatoms. The van der Waals surface area contributed by atoms with Crippen LogP contribution in [-0.4, -0.2) is 30.5 Å². The molecule has 0 spiro atoms. The third-order valence-electron chi connectivity index (χ3n) is 5.08. The molecule has 2 fully saturated rings. The van der Waals surface area contributed by atoms with E-state index in [9.17, 15) is 4.79 Å². The van der Waals surface area contributed by atoms with E-state index in [4.69, 9.17) is 10.5 Å². The summed E-state index contributed by atoms with van der Waals surface area (Å²) in [7, 11) is 1.68. The van der Waals surface area contributed by atoms with Crippen LogP contribution in [0.5, 0.6) is 5.75 Å². The second-order valence-electron chi connectivity index (χ2n) is 6.54. The summed E-state index contributed by atoms with van der Waals surface area (Å²) in [6.07, 6.45) is 5.48. The molecule has 2 aliphatic rings. The highest BCUT2D eigenvalue weighted by atomic mass is 35.5. The van der Waals surface area contributed by atoms with E-state index in [-0.39, 0.29) is 18.3 Å². The predicted octanol–water partition coefficient (Wildman–Crippen LogP) is 2.98. The van der Waals surface area contributed by atoms with E-state index < -0.39 is 0 Å². The Labute approximate surface area is 144 Å². The normalized spacial score (nSPS) is 23.2. The molecule has 0 heterocycles. The van der Waals surface area contributed by atoms with E-state index in [2.05, 4.69) is 11.0 Å². The minimum atomic E-state index is 0. The molecule has 2 atom stereocenters. The Morgan fingerprint density at radius 3 is 2.65 bits per heavy atom. The van der Waals surface area contributed by atoms with Gasteiger partial charge in [-0.2, -0.15) is 0 Å². The quantitative estimate of drug-likeness (QED) is 0.867. The number of hydrogen-bond donors (Lipinski definition) is 1. The fourth-order valence-electron chi connectivity index (χ4n) is 3.65. The molecule has 0 saturated heterocycles. The lowest BCUT2D eigenvalue weighted by Gasteiger charge is -2.28. The van der Waals surface area contributed by atoms with Gasteiger partial charge >= 0.3 is 0 Å². The van der Waals surface area contributed by atoms with Crippen molar-refractivity contribution in [3.05, 3.63) is 29.8 Å². The van der Waals surface area contributed by atoms with Gasteiger partial charge in [0.05, 0.1) is 7.11 Å². The van der Waals surface area contributed by atoms with Crippen LogP contribution >= 0.6 is 12.4 Å². The molecular weight excluding hydrogens is 312 g/mol. The number of ether oxygens (including phenoxy) is 1. The first-order valence-corrected chi connectivity index (χ1v) is 8.37. The number of nitrogens with zero attached hydrogens (tertiary/aromatic N) is 1. The molecule has 0 aromatic heterocycles. The Bertz CT molecular complexity index is 534. The number of para-hydroxylation sites is 1. The molecule has 2 aliphatic carbocycles. The van der Waals surface area contributed by atoms with Crippen LogP contribution in [0.2, 0.25) is 0 Å². The summed E-state index contributed by atoms with van der Waals surface area (Å²) in [4.78, 5) is 15.1. The number of rotatable bonds is 6. The van der Waals surface area contributed by atoms with Crippen molar-refractivity contribution in [1.82, 2.24) is 4.90 Å². The Morgan fingerprint density at radius 2 is 2.00 bits per heavy atom. The number of benzene rings is 1. The van der Waals surface area contributed by atoms with E-state index in [1.54, 1.807) is 7.11 Å². The van der Waals surface area contributed by atoms with Crippen LogP contribution in [0.1, 0.15) is 37.7 Å². The van der Waals surface area contributed by atoms with Crippen molar-refractivity contribution in [2.45, 2.75) is 44.7 Å². The monoisotopic (exact) mass is 338 g/mol. The van der Waals surface area contributed by atoms with Gasteiger partial charge in [-0.25, -0.2) is 0 Å². The molecule has 23 heavy (non-hydrogen) atoms. The standard InChI is InChI=1S/C18H26N2O2.ClH/c1-22-17-8-3-2-5-14(17)12-20(15-9-10-15)18(21)16-7-4-6-13(16)11-19;/h2-3,5,8,13,15-16H,4,6-7,9-12,19H2,1H3;1H/t13-,16-;/m1./s1. The van der Waals surface area contributed by atoms with Gasteiger partial charge in [0.25, 0.3) is 0 Å². The second-order valence-corrected chi connectivity index (χ2v) is 6.54. The minimum absolute atomic E-state index is 0. The third-order valence-corrected chi connectivity index (χ3v) is 5.08. The van der Waals surface area contributed by atoms with E-state index >= 15 is 0 Å². The molecule has 1 amide bonds. The maximum absolute atomic E-state index is 13.0. The fraction of sp³-hybridized carbons (Fsp3) is 0.611. The van der Waals surface area contributed by atoms with Crippen LogP contribution in [0.4, 0.5) is 0 Å². The zero-order chi connectivity index (χ0) is 15.5. The Hall–Kier alpha value is -1.26. The van der Waals surface area contributed by atoms with Gasteiger partial charge < -0.3 is 15.4 Å². The van der Waals surface area contributed by atoms with E-state index in [1.807, 2.05) is 18.2 Å². The lowest BCUT2D eigenvalue weighted by atomic mass is 9.94. The second kappa shape index (κ2) is 8.02. The SMILES string of the molecule is COc1ccccc1CN(C(=O)[C@@H]1CCC[C@@H]1CN)C1CC1.Cl. The van der Waals surface area contributed by atoms with Crippen LogP contribution in [-0.2, 0) is 11.3 Å². The van der Waals surface area contributed by atoms with E-state index in [0.29, 0.717) is 31.0 Å². The molecular formula is C18H27ClN2O2. The van der Waals surface area contributed by atoms with Crippen LogP contribution in [0.15, 0.2) is 24.3 Å². The molecule has 0 unspecified atom stereocenters. The zero-order valence-electron chi connectivity index (χ0n) is 13.7. The Morgan fingerprint density at radius 1 is 1.26 bits per heavy atom. The summed E-state index contributed by atoms with van der Waals surface area (Å²) < 4.78 is 5.44. The average molecular weight is 339 g/mol. The van der Waals surface area contributed by atoms with Crippen LogP contribution < -0.4 is 10.5 Å². The van der Waals surface area contributed by atoms with Gasteiger partial charge in [-0.15, -0.1) is 12.4 Å². The van der Waals surface area contributed by atoms with Crippen molar-refractivity contribution in [1.29, 1.82) is 0 Å². The fourth-order valence-corrected chi connectivity index (χ4v) is 3.65. The summed E-state index contributed by atoms with van der Waals surface area (Å²) in [5, 5.41) is 0. The topological polar surface area (TPSA) is 55.6 Å². The van der Waals surface area contributed by atoms with Gasteiger partial charge in [-0.05, 0) is 44.2 Å². The first-order valence-electron chi connectivity index (χ1n) is 8.37. The first kappa shape index (κ1) is 18.1. The Balaban J connectivity index is 0.00000192. The molecule has 128 valence electrons. The van der Waals surface area contributed by atoms with Gasteiger partial charge in [0.2, 0.25) is 5.91 Å². The van der Waals surface area contributed by atoms with Gasteiger partial charge in [0.15, 0.2) is 0 Å². The number of hydrogen-bond acceptors (Lipinski definition) is 3. The molecule has 4 nitrogen and oxygen atoms in total. The van der Waals surface area contributed by atoms with Crippen molar-refractivity contribution in [3.8, 4) is 5.75 Å². The maximum atomic E-state index is 13.0. The van der Waals surface area contributed by atoms with E-state index in [0.717, 1.165) is 43.4 Å². The largest absolute Gasteiger partial charge is 0.496 e. The van der Waals surface area contributed by atoms with Gasteiger partial charge in [0, 0.05) is 24.1 Å². The number of nitrogens with two attached hydrogens (primary N) is 1. The predicted molar refractivity (Wildman–Crippen MR) is 93.7 cm³/mol. The van der Waals surface area contributed by atoms with Gasteiger partial charge in [-0.1, -0.05) is 24.6 Å². The van der Waals surface area contributed by atoms with Gasteiger partial charge in [0.1, 0.15) is 5.75 Å². The average Bonchev–Trinajstić information content (AvgIpc) is 3.28. The third kappa shape index (κ3) is 3.99. The van der Waals surface area contributed by atoms with Crippen LogP contribution in [0.25, 0.3) is 0 Å². The first-order chi connectivity index (χ1) is 10.7. The smallest absolute Gasteiger partial charge is 0.226 e. The number of halogens is 1. The van der Waals surface area contributed by atoms with Gasteiger partial charge in [-0.3, -0.25) is 4.79 Å². The van der Waals surface area contributed by atoms with Crippen molar-refractivity contribution >= 4 is 18.3 Å². The number of amides is 1. The molecule has 0 radical (unpaired) electrons. The van der Waals surface area contributed by atoms with E-state index in [1.165, 1.54) is 0 Å². The van der Waals surface area contributed by atoms with Crippen molar-refractivity contribution in [2.24, 2.45) is 17.6 Å². The van der Waals surface area contributed by atoms with Crippen molar-refractivity contribution in [2.75, 3.05) is 13.7 Å². The summed E-state index contributed by atoms with van der Waals surface area (Å²) in [5.41, 5.74) is 6.95. The van der Waals surface area contributed by atoms with Crippen LogP contribution in [0.3, 0.4) is 0 Å². The summed E-state index contributed by atoms with van der Waals surface area (Å²) >= 11 is 0. The number of carbonyl (C=O) groups excluding carboxylic acids is 1. The summed E-state index contributed by atoms with van der Waals surface area (Å²) in [5.74, 6) is 1.66. The molecule has 0 aliphatic heterocycles. The van der Waals surface area contributed by atoms with Crippen molar-refractivity contribution in [3.63, 3.8) is 0 Å². The molecule has 2 saturated carbocycles. The highest BCUT2D eigenvalue weighted by molar-refractivity contribution is 5.85. The summed E-state index contributed by atoms with van der Waals surface area (Å²) in [6, 6.07) is 8.40. The number of carbonyl (C=O) groups is 1. The Kier molecular flexibility index (Phi) is 6.31. The molecule has 0 bridgehead atoms. The number of methoxy groups -OCH3 is 1. The van der Waals surface area contributed by atoms with Crippen LogP contribution in [0, 0.1) is 11.8 Å². The molecule has 2 N–H and O–H groups in total.